The van der Waals surface area contributed by atoms with Crippen molar-refractivity contribution >= 4 is 5.97 Å². The first-order valence-electron chi connectivity index (χ1n) is 11.1. The summed E-state index contributed by atoms with van der Waals surface area (Å²) in [5.41, 5.74) is 5.79. The Morgan fingerprint density at radius 3 is 1.52 bits per heavy atom. The molecule has 0 radical (unpaired) electrons. The fourth-order valence-electron chi connectivity index (χ4n) is 3.12. The quantitative estimate of drug-likeness (QED) is 0.212. The molecule has 0 saturated heterocycles. The first-order valence-corrected chi connectivity index (χ1v) is 11.1. The van der Waals surface area contributed by atoms with Crippen LogP contribution in [0.1, 0.15) is 123 Å². The highest BCUT2D eigenvalue weighted by atomic mass is 16.5. The highest BCUT2D eigenvalue weighted by molar-refractivity contribution is 5.75. The van der Waals surface area contributed by atoms with Gasteiger partial charge in [-0.2, -0.15) is 0 Å². The molecule has 0 amide bonds. The largest absolute Gasteiger partial charge is 0.465 e. The summed E-state index contributed by atoms with van der Waals surface area (Å²) < 4.78 is 5.24. The Kier molecular flexibility index (Phi) is 19.3. The van der Waals surface area contributed by atoms with Crippen molar-refractivity contribution in [2.45, 2.75) is 129 Å². The number of carbonyl (C=O) groups excluding carboxylic acids is 1. The van der Waals surface area contributed by atoms with Gasteiger partial charge in [0.1, 0.15) is 6.04 Å². The topological polar surface area (TPSA) is 52.3 Å². The molecular weight excluding hydrogens is 310 g/mol. The number of rotatable bonds is 19. The van der Waals surface area contributed by atoms with Crippen LogP contribution in [0.4, 0.5) is 0 Å². The zero-order valence-corrected chi connectivity index (χ0v) is 17.2. The number of hydrogen-bond donors (Lipinski definition) is 1. The lowest BCUT2D eigenvalue weighted by Gasteiger charge is -2.10. The highest BCUT2D eigenvalue weighted by Gasteiger charge is 2.13. The Bertz CT molecular complexity index is 281. The van der Waals surface area contributed by atoms with E-state index in [1.807, 2.05) is 0 Å². The number of hydrogen-bond acceptors (Lipinski definition) is 3. The van der Waals surface area contributed by atoms with Crippen molar-refractivity contribution < 1.29 is 9.53 Å². The summed E-state index contributed by atoms with van der Waals surface area (Å²) >= 11 is 0. The normalized spacial score (nSPS) is 12.3. The second kappa shape index (κ2) is 19.8. The summed E-state index contributed by atoms with van der Waals surface area (Å²) in [6.07, 6.45) is 21.6. The van der Waals surface area contributed by atoms with Crippen molar-refractivity contribution in [1.29, 1.82) is 0 Å². The van der Waals surface area contributed by atoms with E-state index >= 15 is 0 Å². The van der Waals surface area contributed by atoms with Gasteiger partial charge in [-0.15, -0.1) is 0 Å². The summed E-state index contributed by atoms with van der Waals surface area (Å²) in [5, 5.41) is 0. The lowest BCUT2D eigenvalue weighted by Crippen LogP contribution is -2.32. The van der Waals surface area contributed by atoms with Crippen molar-refractivity contribution in [3.05, 3.63) is 0 Å². The van der Waals surface area contributed by atoms with E-state index in [4.69, 9.17) is 10.5 Å². The molecule has 25 heavy (non-hydrogen) atoms. The third kappa shape index (κ3) is 18.0. The molecule has 0 aromatic carbocycles. The van der Waals surface area contributed by atoms with Gasteiger partial charge in [-0.1, -0.05) is 110 Å². The molecule has 3 nitrogen and oxygen atoms in total. The van der Waals surface area contributed by atoms with Gasteiger partial charge in [0.15, 0.2) is 0 Å². The molecule has 0 aliphatic heterocycles. The van der Waals surface area contributed by atoms with Gasteiger partial charge in [0, 0.05) is 0 Å². The maximum absolute atomic E-state index is 11.6. The van der Waals surface area contributed by atoms with Gasteiger partial charge in [-0.25, -0.2) is 0 Å². The van der Waals surface area contributed by atoms with Crippen molar-refractivity contribution in [2.24, 2.45) is 5.73 Å². The Labute approximate surface area is 157 Å². The average Bonchev–Trinajstić information content (AvgIpc) is 2.62. The molecule has 2 N–H and O–H groups in total. The molecule has 0 spiro atoms. The van der Waals surface area contributed by atoms with Crippen LogP contribution >= 0.6 is 0 Å². The monoisotopic (exact) mass is 355 g/mol. The molecular formula is C22H45NO2. The minimum Gasteiger partial charge on any atom is -0.465 e. The fourth-order valence-corrected chi connectivity index (χ4v) is 3.12. The van der Waals surface area contributed by atoms with Crippen LogP contribution in [-0.2, 0) is 9.53 Å². The van der Waals surface area contributed by atoms with E-state index in [0.717, 1.165) is 32.1 Å². The van der Waals surface area contributed by atoms with Crippen LogP contribution in [0.15, 0.2) is 0 Å². The van der Waals surface area contributed by atoms with Crippen LogP contribution in [0.2, 0.25) is 0 Å². The smallest absolute Gasteiger partial charge is 0.322 e. The summed E-state index contributed by atoms with van der Waals surface area (Å²) in [4.78, 5) is 11.6. The zero-order valence-electron chi connectivity index (χ0n) is 17.2. The van der Waals surface area contributed by atoms with Crippen molar-refractivity contribution in [1.82, 2.24) is 0 Å². The second-order valence-corrected chi connectivity index (χ2v) is 7.51. The Morgan fingerprint density at radius 1 is 0.680 bits per heavy atom. The maximum atomic E-state index is 11.6. The van der Waals surface area contributed by atoms with Crippen molar-refractivity contribution in [2.75, 3.05) is 6.61 Å². The Morgan fingerprint density at radius 2 is 1.08 bits per heavy atom. The van der Waals surface area contributed by atoms with Crippen LogP contribution in [0.5, 0.6) is 0 Å². The molecule has 0 fully saturated rings. The molecule has 0 saturated carbocycles. The summed E-state index contributed by atoms with van der Waals surface area (Å²) in [6.45, 7) is 4.92. The number of carbonyl (C=O) groups is 1. The summed E-state index contributed by atoms with van der Waals surface area (Å²) in [5.74, 6) is -0.219. The van der Waals surface area contributed by atoms with E-state index in [0.29, 0.717) is 6.61 Å². The number of ether oxygens (including phenoxy) is 1. The highest BCUT2D eigenvalue weighted by Crippen LogP contribution is 2.13. The second-order valence-electron chi connectivity index (χ2n) is 7.51. The van der Waals surface area contributed by atoms with E-state index in [-0.39, 0.29) is 5.97 Å². The first-order chi connectivity index (χ1) is 12.2. The van der Waals surface area contributed by atoms with Crippen LogP contribution in [0.25, 0.3) is 0 Å². The molecule has 0 heterocycles. The van der Waals surface area contributed by atoms with Gasteiger partial charge in [0.05, 0.1) is 6.61 Å². The predicted molar refractivity (Wildman–Crippen MR) is 109 cm³/mol. The molecule has 0 aromatic rings. The average molecular weight is 356 g/mol. The van der Waals surface area contributed by atoms with Crippen molar-refractivity contribution in [3.8, 4) is 0 Å². The van der Waals surface area contributed by atoms with Crippen LogP contribution in [0.3, 0.4) is 0 Å². The molecule has 150 valence electrons. The molecule has 0 aliphatic carbocycles. The van der Waals surface area contributed by atoms with E-state index in [1.54, 1.807) is 0 Å². The first kappa shape index (κ1) is 24.4. The van der Waals surface area contributed by atoms with Crippen molar-refractivity contribution in [3.63, 3.8) is 0 Å². The van der Waals surface area contributed by atoms with E-state index < -0.39 is 6.04 Å². The Hall–Kier alpha value is -0.570. The van der Waals surface area contributed by atoms with Gasteiger partial charge in [0.2, 0.25) is 0 Å². The lowest BCUT2D eigenvalue weighted by atomic mass is 10.0. The number of esters is 1. The molecule has 0 bridgehead atoms. The van der Waals surface area contributed by atoms with E-state index in [1.165, 1.54) is 77.0 Å². The number of nitrogens with two attached hydrogens (primary N) is 1. The van der Waals surface area contributed by atoms with Crippen LogP contribution in [0, 0.1) is 0 Å². The minimum absolute atomic E-state index is 0.219. The standard InChI is InChI=1S/C22H45NO2/c1-3-5-7-8-9-10-11-12-13-14-15-16-17-18-20-25-22(24)21(23)19-6-4-2/h21H,3-20,23H2,1-2H3/t21-/m0/s1. The predicted octanol–water partition coefficient (Wildman–Crippen LogP) is 6.53. The van der Waals surface area contributed by atoms with Crippen LogP contribution < -0.4 is 5.73 Å². The fraction of sp³-hybridized carbons (Fsp3) is 0.955. The van der Waals surface area contributed by atoms with Gasteiger partial charge in [-0.3, -0.25) is 4.79 Å². The zero-order chi connectivity index (χ0) is 18.6. The SMILES string of the molecule is CCCCCCCCCCCCCCCCOC(=O)[C@@H](N)CCCC. The molecule has 0 aromatic heterocycles. The number of unbranched alkanes of at least 4 members (excludes halogenated alkanes) is 14. The Balaban J connectivity index is 3.17. The van der Waals surface area contributed by atoms with E-state index in [2.05, 4.69) is 13.8 Å². The van der Waals surface area contributed by atoms with Gasteiger partial charge >= 0.3 is 5.97 Å². The third-order valence-corrected chi connectivity index (χ3v) is 4.91. The minimum atomic E-state index is -0.424. The van der Waals surface area contributed by atoms with Gasteiger partial charge in [0.25, 0.3) is 0 Å². The molecule has 0 aliphatic rings. The maximum Gasteiger partial charge on any atom is 0.322 e. The summed E-state index contributed by atoms with van der Waals surface area (Å²) in [7, 11) is 0. The molecule has 1 atom stereocenters. The lowest BCUT2D eigenvalue weighted by molar-refractivity contribution is -0.145. The van der Waals surface area contributed by atoms with Crippen LogP contribution in [-0.4, -0.2) is 18.6 Å². The molecule has 0 rings (SSSR count). The van der Waals surface area contributed by atoms with E-state index in [9.17, 15) is 4.79 Å². The third-order valence-electron chi connectivity index (χ3n) is 4.91. The summed E-state index contributed by atoms with van der Waals surface area (Å²) in [6, 6.07) is -0.424. The molecule has 3 heteroatoms. The molecule has 0 unspecified atom stereocenters. The van der Waals surface area contributed by atoms with Gasteiger partial charge < -0.3 is 10.5 Å². The van der Waals surface area contributed by atoms with Gasteiger partial charge in [-0.05, 0) is 12.8 Å².